The molecule has 1 atom stereocenters. The Balaban J connectivity index is 1.77. The van der Waals surface area contributed by atoms with Crippen LogP contribution >= 0.6 is 11.6 Å². The van der Waals surface area contributed by atoms with E-state index in [2.05, 4.69) is 5.32 Å². The van der Waals surface area contributed by atoms with E-state index >= 15 is 0 Å². The van der Waals surface area contributed by atoms with Crippen LogP contribution in [0.4, 0.5) is 0 Å². The molecule has 0 saturated carbocycles. The third-order valence-corrected chi connectivity index (χ3v) is 5.58. The van der Waals surface area contributed by atoms with Gasteiger partial charge in [0.1, 0.15) is 11.5 Å². The van der Waals surface area contributed by atoms with Crippen molar-refractivity contribution in [2.45, 2.75) is 44.9 Å². The number of hydrogen-bond donors (Lipinski definition) is 1. The molecular weight excluding hydrogens is 298 g/mol. The Labute approximate surface area is 137 Å². The van der Waals surface area contributed by atoms with E-state index in [0.29, 0.717) is 5.92 Å². The molecule has 0 bridgehead atoms. The molecule has 1 aromatic carbocycles. The molecule has 0 spiro atoms. The second-order valence-electron chi connectivity index (χ2n) is 6.73. The molecular formula is C18H24ClNO2. The summed E-state index contributed by atoms with van der Waals surface area (Å²) in [5.74, 6) is 2.75. The monoisotopic (exact) mass is 321 g/mol. The number of rotatable bonds is 2. The molecule has 22 heavy (non-hydrogen) atoms. The van der Waals surface area contributed by atoms with Crippen molar-refractivity contribution in [3.63, 3.8) is 0 Å². The van der Waals surface area contributed by atoms with Crippen molar-refractivity contribution in [2.75, 3.05) is 26.3 Å². The normalized spacial score (nSPS) is 24.0. The quantitative estimate of drug-likeness (QED) is 0.904. The van der Waals surface area contributed by atoms with Gasteiger partial charge in [-0.2, -0.15) is 0 Å². The first-order chi connectivity index (χ1) is 10.8. The SMILES string of the molecule is Clc1c2c(c(CC3CCCNC3)c3c1OCCC3)OCCC2. The number of piperidine rings is 1. The minimum Gasteiger partial charge on any atom is -0.493 e. The minimum atomic E-state index is 0.704. The molecule has 3 aliphatic heterocycles. The highest BCUT2D eigenvalue weighted by atomic mass is 35.5. The molecule has 3 nitrogen and oxygen atoms in total. The van der Waals surface area contributed by atoms with E-state index in [1.807, 2.05) is 0 Å². The van der Waals surface area contributed by atoms with Gasteiger partial charge in [-0.05, 0) is 64.0 Å². The number of fused-ring (bicyclic) bond motifs is 2. The maximum atomic E-state index is 6.64. The molecule has 3 aliphatic rings. The van der Waals surface area contributed by atoms with Crippen LogP contribution in [0.25, 0.3) is 0 Å². The lowest BCUT2D eigenvalue weighted by Gasteiger charge is -2.31. The Morgan fingerprint density at radius 2 is 1.77 bits per heavy atom. The van der Waals surface area contributed by atoms with Crippen LogP contribution in [0.2, 0.25) is 5.02 Å². The van der Waals surface area contributed by atoms with Crippen LogP contribution in [-0.4, -0.2) is 26.3 Å². The summed E-state index contributed by atoms with van der Waals surface area (Å²) in [6.45, 7) is 3.88. The molecule has 3 heterocycles. The van der Waals surface area contributed by atoms with Gasteiger partial charge in [0.2, 0.25) is 0 Å². The zero-order valence-corrected chi connectivity index (χ0v) is 13.8. The summed E-state index contributed by atoms with van der Waals surface area (Å²) in [5.41, 5.74) is 3.90. The van der Waals surface area contributed by atoms with Gasteiger partial charge in [0.15, 0.2) is 0 Å². The van der Waals surface area contributed by atoms with Gasteiger partial charge in [-0.3, -0.25) is 0 Å². The summed E-state index contributed by atoms with van der Waals surface area (Å²) in [6.07, 6.45) is 7.90. The Hall–Kier alpha value is -0.930. The van der Waals surface area contributed by atoms with E-state index in [0.717, 1.165) is 74.9 Å². The fraction of sp³-hybridized carbons (Fsp3) is 0.667. The van der Waals surface area contributed by atoms with E-state index in [4.69, 9.17) is 21.1 Å². The maximum Gasteiger partial charge on any atom is 0.141 e. The van der Waals surface area contributed by atoms with Crippen molar-refractivity contribution in [2.24, 2.45) is 5.92 Å². The summed E-state index contributed by atoms with van der Waals surface area (Å²) in [4.78, 5) is 0. The Bertz CT molecular complexity index is 530. The van der Waals surface area contributed by atoms with Crippen LogP contribution in [0.5, 0.6) is 11.5 Å². The molecule has 1 fully saturated rings. The average molecular weight is 322 g/mol. The molecule has 0 amide bonds. The molecule has 1 aromatic rings. The van der Waals surface area contributed by atoms with Gasteiger partial charge >= 0.3 is 0 Å². The first kappa shape index (κ1) is 14.6. The number of ether oxygens (including phenoxy) is 2. The van der Waals surface area contributed by atoms with Gasteiger partial charge in [-0.15, -0.1) is 0 Å². The molecule has 120 valence electrons. The van der Waals surface area contributed by atoms with Crippen LogP contribution in [0.3, 0.4) is 0 Å². The fourth-order valence-electron chi connectivity index (χ4n) is 4.09. The second-order valence-corrected chi connectivity index (χ2v) is 7.11. The Morgan fingerprint density at radius 3 is 2.55 bits per heavy atom. The third-order valence-electron chi connectivity index (χ3n) is 5.18. The van der Waals surface area contributed by atoms with Crippen molar-refractivity contribution in [3.8, 4) is 11.5 Å². The number of nitrogens with one attached hydrogen (secondary N) is 1. The third kappa shape index (κ3) is 2.59. The van der Waals surface area contributed by atoms with Crippen molar-refractivity contribution < 1.29 is 9.47 Å². The zero-order chi connectivity index (χ0) is 14.9. The Morgan fingerprint density at radius 1 is 1.00 bits per heavy atom. The van der Waals surface area contributed by atoms with Gasteiger partial charge in [0.05, 0.1) is 18.2 Å². The first-order valence-corrected chi connectivity index (χ1v) is 9.05. The predicted molar refractivity (Wildman–Crippen MR) is 88.4 cm³/mol. The lowest BCUT2D eigenvalue weighted by atomic mass is 9.85. The zero-order valence-electron chi connectivity index (χ0n) is 13.0. The Kier molecular flexibility index (Phi) is 4.19. The lowest BCUT2D eigenvalue weighted by Crippen LogP contribution is -2.31. The maximum absolute atomic E-state index is 6.64. The summed E-state index contributed by atoms with van der Waals surface area (Å²) in [7, 11) is 0. The van der Waals surface area contributed by atoms with E-state index in [1.165, 1.54) is 29.5 Å². The van der Waals surface area contributed by atoms with Crippen LogP contribution in [0, 0.1) is 5.92 Å². The minimum absolute atomic E-state index is 0.704. The second kappa shape index (κ2) is 6.29. The molecule has 4 heteroatoms. The highest BCUT2D eigenvalue weighted by Crippen LogP contribution is 2.47. The highest BCUT2D eigenvalue weighted by molar-refractivity contribution is 6.33. The predicted octanol–water partition coefficient (Wildman–Crippen LogP) is 3.53. The van der Waals surface area contributed by atoms with Crippen molar-refractivity contribution in [1.29, 1.82) is 0 Å². The van der Waals surface area contributed by atoms with Crippen molar-refractivity contribution in [1.82, 2.24) is 5.32 Å². The average Bonchev–Trinajstić information content (AvgIpc) is 2.59. The molecule has 0 aromatic heterocycles. The number of hydrogen-bond acceptors (Lipinski definition) is 3. The van der Waals surface area contributed by atoms with E-state index in [9.17, 15) is 0 Å². The fourth-order valence-corrected chi connectivity index (χ4v) is 4.44. The summed E-state index contributed by atoms with van der Waals surface area (Å²) in [5, 5.41) is 4.34. The molecule has 1 saturated heterocycles. The van der Waals surface area contributed by atoms with E-state index in [-0.39, 0.29) is 0 Å². The topological polar surface area (TPSA) is 30.5 Å². The summed E-state index contributed by atoms with van der Waals surface area (Å²) in [6, 6.07) is 0. The van der Waals surface area contributed by atoms with Crippen molar-refractivity contribution >= 4 is 11.6 Å². The number of benzene rings is 1. The van der Waals surface area contributed by atoms with Crippen LogP contribution in [0.15, 0.2) is 0 Å². The van der Waals surface area contributed by atoms with Gasteiger partial charge in [0, 0.05) is 16.7 Å². The van der Waals surface area contributed by atoms with Gasteiger partial charge < -0.3 is 14.8 Å². The largest absolute Gasteiger partial charge is 0.493 e. The van der Waals surface area contributed by atoms with Gasteiger partial charge in [-0.25, -0.2) is 0 Å². The van der Waals surface area contributed by atoms with Crippen molar-refractivity contribution in [3.05, 3.63) is 21.7 Å². The molecule has 4 rings (SSSR count). The smallest absolute Gasteiger partial charge is 0.141 e. The van der Waals surface area contributed by atoms with Crippen LogP contribution in [0.1, 0.15) is 42.4 Å². The molecule has 0 aliphatic carbocycles. The highest BCUT2D eigenvalue weighted by Gasteiger charge is 2.29. The summed E-state index contributed by atoms with van der Waals surface area (Å²) >= 11 is 6.64. The van der Waals surface area contributed by atoms with E-state index < -0.39 is 0 Å². The number of halogens is 1. The summed E-state index contributed by atoms with van der Waals surface area (Å²) < 4.78 is 12.0. The van der Waals surface area contributed by atoms with E-state index in [1.54, 1.807) is 0 Å². The molecule has 1 N–H and O–H groups in total. The first-order valence-electron chi connectivity index (χ1n) is 8.67. The van der Waals surface area contributed by atoms with Gasteiger partial charge in [0.25, 0.3) is 0 Å². The molecule has 1 unspecified atom stereocenters. The molecule has 0 radical (unpaired) electrons. The van der Waals surface area contributed by atoms with Crippen LogP contribution < -0.4 is 14.8 Å². The lowest BCUT2D eigenvalue weighted by molar-refractivity contribution is 0.266. The van der Waals surface area contributed by atoms with Crippen LogP contribution in [-0.2, 0) is 19.3 Å². The standard InChI is InChI=1S/C18H24ClNO2/c19-16-14-6-3-8-21-17(14)15(10-12-4-1-7-20-11-12)13-5-2-9-22-18(13)16/h12,20H,1-11H2. The van der Waals surface area contributed by atoms with Gasteiger partial charge in [-0.1, -0.05) is 11.6 Å².